The molecule has 13 heavy (non-hydrogen) atoms. The van der Waals surface area contributed by atoms with Crippen LogP contribution < -0.4 is 10.1 Å². The van der Waals surface area contributed by atoms with Crippen molar-refractivity contribution in [3.63, 3.8) is 0 Å². The van der Waals surface area contributed by atoms with Crippen LogP contribution >= 0.6 is 23.2 Å². The van der Waals surface area contributed by atoms with Crippen molar-refractivity contribution in [2.75, 3.05) is 24.9 Å². The molecule has 0 aliphatic carbocycles. The Kier molecular flexibility index (Phi) is 4.19. The molecule has 0 radical (unpaired) electrons. The fourth-order valence-electron chi connectivity index (χ4n) is 0.968. The molecule has 0 fully saturated rings. The van der Waals surface area contributed by atoms with Gasteiger partial charge in [0.05, 0.1) is 12.1 Å². The summed E-state index contributed by atoms with van der Waals surface area (Å²) in [6.07, 6.45) is 0. The zero-order valence-electron chi connectivity index (χ0n) is 7.31. The van der Waals surface area contributed by atoms with Gasteiger partial charge in [0.2, 0.25) is 0 Å². The lowest BCUT2D eigenvalue weighted by atomic mass is 10.3. The first-order chi connectivity index (χ1) is 6.27. The van der Waals surface area contributed by atoms with Crippen LogP contribution in [0.4, 0.5) is 5.69 Å². The van der Waals surface area contributed by atoms with Gasteiger partial charge in [-0.2, -0.15) is 0 Å². The fourth-order valence-corrected chi connectivity index (χ4v) is 1.32. The van der Waals surface area contributed by atoms with Gasteiger partial charge in [-0.3, -0.25) is 0 Å². The first-order valence-corrected chi connectivity index (χ1v) is 4.82. The molecule has 72 valence electrons. The number of anilines is 1. The van der Waals surface area contributed by atoms with Crippen molar-refractivity contribution in [2.45, 2.75) is 0 Å². The summed E-state index contributed by atoms with van der Waals surface area (Å²) in [4.78, 5) is 0. The minimum Gasteiger partial charge on any atom is -0.495 e. The van der Waals surface area contributed by atoms with Gasteiger partial charge in [0.1, 0.15) is 5.75 Å². The van der Waals surface area contributed by atoms with Gasteiger partial charge in [0, 0.05) is 18.1 Å². The number of ether oxygens (including phenoxy) is 1. The standard InChI is InChI=1S/C9H11Cl2NO/c1-13-9-3-2-7(6-8(9)11)12-5-4-10/h2-3,6,12H,4-5H2,1H3. The molecular weight excluding hydrogens is 209 g/mol. The zero-order valence-corrected chi connectivity index (χ0v) is 8.82. The second-order valence-electron chi connectivity index (χ2n) is 2.47. The monoisotopic (exact) mass is 219 g/mol. The van der Waals surface area contributed by atoms with Gasteiger partial charge in [0.15, 0.2) is 0 Å². The van der Waals surface area contributed by atoms with E-state index in [4.69, 9.17) is 27.9 Å². The van der Waals surface area contributed by atoms with Gasteiger partial charge < -0.3 is 10.1 Å². The van der Waals surface area contributed by atoms with E-state index >= 15 is 0 Å². The van der Waals surface area contributed by atoms with E-state index in [1.54, 1.807) is 7.11 Å². The molecule has 0 unspecified atom stereocenters. The van der Waals surface area contributed by atoms with Crippen molar-refractivity contribution in [1.29, 1.82) is 0 Å². The van der Waals surface area contributed by atoms with Crippen LogP contribution in [0.1, 0.15) is 0 Å². The van der Waals surface area contributed by atoms with Crippen LogP contribution in [0.3, 0.4) is 0 Å². The van der Waals surface area contributed by atoms with E-state index in [0.29, 0.717) is 16.7 Å². The van der Waals surface area contributed by atoms with E-state index in [-0.39, 0.29) is 0 Å². The van der Waals surface area contributed by atoms with Crippen molar-refractivity contribution >= 4 is 28.9 Å². The highest BCUT2D eigenvalue weighted by molar-refractivity contribution is 6.32. The average Bonchev–Trinajstić information content (AvgIpc) is 2.15. The number of methoxy groups -OCH3 is 1. The number of benzene rings is 1. The number of hydrogen-bond donors (Lipinski definition) is 1. The maximum absolute atomic E-state index is 5.91. The summed E-state index contributed by atoms with van der Waals surface area (Å²) < 4.78 is 5.02. The van der Waals surface area contributed by atoms with Crippen LogP contribution in [0.5, 0.6) is 5.75 Å². The lowest BCUT2D eigenvalue weighted by Crippen LogP contribution is -2.02. The smallest absolute Gasteiger partial charge is 0.137 e. The summed E-state index contributed by atoms with van der Waals surface area (Å²) in [5.74, 6) is 1.25. The molecule has 2 nitrogen and oxygen atoms in total. The van der Waals surface area contributed by atoms with E-state index in [1.165, 1.54) is 0 Å². The summed E-state index contributed by atoms with van der Waals surface area (Å²) >= 11 is 11.4. The van der Waals surface area contributed by atoms with E-state index in [2.05, 4.69) is 5.32 Å². The SMILES string of the molecule is COc1ccc(NCCCl)cc1Cl. The van der Waals surface area contributed by atoms with Gasteiger partial charge in [-0.1, -0.05) is 11.6 Å². The number of rotatable bonds is 4. The van der Waals surface area contributed by atoms with Gasteiger partial charge in [-0.15, -0.1) is 11.6 Å². The predicted octanol–water partition coefficient (Wildman–Crippen LogP) is 3.00. The molecular formula is C9H11Cl2NO. The predicted molar refractivity (Wildman–Crippen MR) is 57.2 cm³/mol. The van der Waals surface area contributed by atoms with Gasteiger partial charge in [-0.05, 0) is 18.2 Å². The molecule has 0 heterocycles. The third-order valence-electron chi connectivity index (χ3n) is 1.58. The summed E-state index contributed by atoms with van der Waals surface area (Å²) in [5.41, 5.74) is 0.950. The number of alkyl halides is 1. The Hall–Kier alpha value is -0.600. The molecule has 0 atom stereocenters. The van der Waals surface area contributed by atoms with Crippen molar-refractivity contribution in [3.8, 4) is 5.75 Å². The quantitative estimate of drug-likeness (QED) is 0.787. The molecule has 1 aromatic rings. The maximum atomic E-state index is 5.91. The Labute approximate surface area is 87.8 Å². The maximum Gasteiger partial charge on any atom is 0.137 e. The minimum absolute atomic E-state index is 0.573. The molecule has 0 bridgehead atoms. The molecule has 0 spiro atoms. The van der Waals surface area contributed by atoms with Gasteiger partial charge >= 0.3 is 0 Å². The Morgan fingerprint density at radius 2 is 2.23 bits per heavy atom. The van der Waals surface area contributed by atoms with Crippen LogP contribution in [-0.2, 0) is 0 Å². The Morgan fingerprint density at radius 3 is 2.77 bits per heavy atom. The Morgan fingerprint density at radius 1 is 1.46 bits per heavy atom. The van der Waals surface area contributed by atoms with Crippen LogP contribution in [0.2, 0.25) is 5.02 Å². The third kappa shape index (κ3) is 2.98. The van der Waals surface area contributed by atoms with Gasteiger partial charge in [-0.25, -0.2) is 0 Å². The van der Waals surface area contributed by atoms with Crippen molar-refractivity contribution in [3.05, 3.63) is 23.2 Å². The number of halogens is 2. The number of hydrogen-bond acceptors (Lipinski definition) is 2. The van der Waals surface area contributed by atoms with Crippen molar-refractivity contribution in [1.82, 2.24) is 0 Å². The Balaban J connectivity index is 2.71. The molecule has 0 saturated carbocycles. The van der Waals surface area contributed by atoms with E-state index < -0.39 is 0 Å². The lowest BCUT2D eigenvalue weighted by molar-refractivity contribution is 0.415. The van der Waals surface area contributed by atoms with Crippen LogP contribution in [-0.4, -0.2) is 19.5 Å². The van der Waals surface area contributed by atoms with Crippen molar-refractivity contribution in [2.24, 2.45) is 0 Å². The van der Waals surface area contributed by atoms with Crippen LogP contribution in [0.15, 0.2) is 18.2 Å². The molecule has 4 heteroatoms. The Bertz CT molecular complexity index is 278. The van der Waals surface area contributed by atoms with Crippen molar-refractivity contribution < 1.29 is 4.74 Å². The van der Waals surface area contributed by atoms with E-state index in [1.807, 2.05) is 18.2 Å². The zero-order chi connectivity index (χ0) is 9.68. The summed E-state index contributed by atoms with van der Waals surface area (Å²) in [6.45, 7) is 0.726. The number of nitrogens with one attached hydrogen (secondary N) is 1. The van der Waals surface area contributed by atoms with Crippen LogP contribution in [0, 0.1) is 0 Å². The molecule has 0 amide bonds. The average molecular weight is 220 g/mol. The van der Waals surface area contributed by atoms with Crippen LogP contribution in [0.25, 0.3) is 0 Å². The normalized spacial score (nSPS) is 9.77. The minimum atomic E-state index is 0.573. The summed E-state index contributed by atoms with van der Waals surface area (Å²) in [7, 11) is 1.59. The lowest BCUT2D eigenvalue weighted by Gasteiger charge is -2.07. The van der Waals surface area contributed by atoms with E-state index in [0.717, 1.165) is 12.2 Å². The first kappa shape index (κ1) is 10.5. The molecule has 1 N–H and O–H groups in total. The summed E-state index contributed by atoms with van der Waals surface area (Å²) in [6, 6.07) is 5.53. The first-order valence-electron chi connectivity index (χ1n) is 3.91. The molecule has 0 aliphatic rings. The van der Waals surface area contributed by atoms with Gasteiger partial charge in [0.25, 0.3) is 0 Å². The highest BCUT2D eigenvalue weighted by Gasteiger charge is 2.00. The molecule has 1 aromatic carbocycles. The second kappa shape index (κ2) is 5.20. The highest BCUT2D eigenvalue weighted by Crippen LogP contribution is 2.26. The molecule has 0 saturated heterocycles. The second-order valence-corrected chi connectivity index (χ2v) is 3.25. The molecule has 0 aliphatic heterocycles. The summed E-state index contributed by atoms with van der Waals surface area (Å²) in [5, 5.41) is 3.71. The fraction of sp³-hybridized carbons (Fsp3) is 0.333. The largest absolute Gasteiger partial charge is 0.495 e. The topological polar surface area (TPSA) is 21.3 Å². The third-order valence-corrected chi connectivity index (χ3v) is 2.06. The molecule has 0 aromatic heterocycles. The molecule has 1 rings (SSSR count). The highest BCUT2D eigenvalue weighted by atomic mass is 35.5. The van der Waals surface area contributed by atoms with E-state index in [9.17, 15) is 0 Å².